The van der Waals surface area contributed by atoms with Crippen LogP contribution in [0.1, 0.15) is 27.0 Å². The molecule has 1 aliphatic heterocycles. The van der Waals surface area contributed by atoms with E-state index < -0.39 is 68.5 Å². The fraction of sp³-hybridized carbons (Fsp3) is 0.478. The Morgan fingerprint density at radius 2 is 1.98 bits per heavy atom. The Morgan fingerprint density at radius 1 is 1.29 bits per heavy atom. The number of rotatable bonds is 11. The summed E-state index contributed by atoms with van der Waals surface area (Å²) in [7, 11) is -4.66. The molecule has 0 aliphatic carbocycles. The largest absolute Gasteiger partial charge is 0.462 e. The summed E-state index contributed by atoms with van der Waals surface area (Å²) in [4.78, 5) is 34.5. The molecule has 15 nitrogen and oxygen atoms in total. The van der Waals surface area contributed by atoms with Gasteiger partial charge < -0.3 is 29.9 Å². The smallest absolute Gasteiger partial charge is 0.459 e. The quantitative estimate of drug-likeness (QED) is 0.154. The molecule has 1 aromatic carbocycles. The van der Waals surface area contributed by atoms with Crippen molar-refractivity contribution in [3.63, 3.8) is 0 Å². The molecule has 0 bridgehead atoms. The summed E-state index contributed by atoms with van der Waals surface area (Å²) >= 11 is 0. The van der Waals surface area contributed by atoms with Crippen molar-refractivity contribution in [2.45, 2.75) is 63.4 Å². The number of carbonyl (C=O) groups excluding carboxylic acids is 1. The Hall–Kier alpha value is -3.47. The number of carbonyl (C=O) groups is 1. The van der Waals surface area contributed by atoms with E-state index in [2.05, 4.69) is 20.0 Å². The third-order valence-electron chi connectivity index (χ3n) is 6.04. The molecule has 3 aromatic rings. The predicted molar refractivity (Wildman–Crippen MR) is 138 cm³/mol. The maximum atomic E-state index is 14.6. The van der Waals surface area contributed by atoms with Crippen LogP contribution >= 0.6 is 7.75 Å². The first kappa shape index (κ1) is 30.5. The van der Waals surface area contributed by atoms with Gasteiger partial charge in [-0.25, -0.2) is 18.3 Å². The summed E-state index contributed by atoms with van der Waals surface area (Å²) in [6.45, 7) is 3.20. The number of para-hydroxylation sites is 1. The molecule has 4 rings (SSSR count). The number of ether oxygens (including phenoxy) is 2. The molecular formula is C23H29F2N6O9P. The number of halogens is 2. The van der Waals surface area contributed by atoms with Crippen LogP contribution in [0.4, 0.5) is 14.7 Å². The molecule has 224 valence electrons. The van der Waals surface area contributed by atoms with Gasteiger partial charge in [0, 0.05) is 0 Å². The van der Waals surface area contributed by atoms with E-state index in [1.807, 2.05) is 0 Å². The number of hydrogen-bond donors (Lipinski definition) is 5. The number of esters is 1. The van der Waals surface area contributed by atoms with Gasteiger partial charge in [-0.15, -0.1) is 0 Å². The van der Waals surface area contributed by atoms with Gasteiger partial charge >= 0.3 is 13.7 Å². The van der Waals surface area contributed by atoms with E-state index in [4.69, 9.17) is 24.3 Å². The fourth-order valence-electron chi connectivity index (χ4n) is 4.04. The van der Waals surface area contributed by atoms with Crippen LogP contribution in [0.15, 0.2) is 41.5 Å². The minimum atomic E-state index is -4.66. The van der Waals surface area contributed by atoms with Gasteiger partial charge in [0.25, 0.3) is 12.0 Å². The second-order valence-corrected chi connectivity index (χ2v) is 11.2. The lowest BCUT2D eigenvalue weighted by Gasteiger charge is -2.32. The Labute approximate surface area is 231 Å². The zero-order valence-corrected chi connectivity index (χ0v) is 22.9. The van der Waals surface area contributed by atoms with E-state index in [0.29, 0.717) is 0 Å². The number of aromatic amines is 1. The highest BCUT2D eigenvalue weighted by molar-refractivity contribution is 7.52. The molecule has 0 amide bonds. The number of nitrogen functional groups attached to an aromatic ring is 1. The number of fused-ring (bicyclic) bond motifs is 1. The summed E-state index contributed by atoms with van der Waals surface area (Å²) in [5.41, 5.74) is 1.42. The first-order chi connectivity index (χ1) is 19.3. The number of anilines is 1. The molecule has 1 unspecified atom stereocenters. The Kier molecular flexibility index (Phi) is 8.77. The van der Waals surface area contributed by atoms with Gasteiger partial charge in [-0.1, -0.05) is 18.2 Å². The highest BCUT2D eigenvalue weighted by Gasteiger charge is 2.61. The van der Waals surface area contributed by atoms with Crippen LogP contribution in [-0.2, 0) is 23.4 Å². The van der Waals surface area contributed by atoms with Crippen LogP contribution < -0.4 is 20.9 Å². The topological polar surface area (TPSA) is 213 Å². The monoisotopic (exact) mass is 602 g/mol. The fourth-order valence-corrected chi connectivity index (χ4v) is 5.57. The van der Waals surface area contributed by atoms with E-state index in [-0.39, 0.29) is 22.9 Å². The number of hydrogen-bond acceptors (Lipinski definition) is 12. The highest BCUT2D eigenvalue weighted by Crippen LogP contribution is 2.49. The number of H-pyrrole nitrogens is 1. The van der Waals surface area contributed by atoms with E-state index in [0.717, 1.165) is 10.9 Å². The van der Waals surface area contributed by atoms with Crippen LogP contribution in [0.2, 0.25) is 0 Å². The Bertz CT molecular complexity index is 1490. The standard InChI is InChI=1S/C23H29F2N6O9P/c1-11(2)38-20(35)12(3)30-41(36,40-13-7-5-4-6-8-13)37-9-23(21(24)25)16(33)15(32)19(39-23)31-10-27-14-17(31)28-22(26)29-18(14)34/h4-8,10-12,15-16,19,21,32-33H,9H2,1-3H3,(H,30,36)(H3,26,28,29,34)/t12-,15+,16-,19+,23+,41?/m0/s1. The van der Waals surface area contributed by atoms with Gasteiger partial charge in [0.1, 0.15) is 24.0 Å². The van der Waals surface area contributed by atoms with E-state index in [9.17, 15) is 33.1 Å². The summed E-state index contributed by atoms with van der Waals surface area (Å²) in [6.07, 6.45) is -9.11. The maximum absolute atomic E-state index is 14.6. The van der Waals surface area contributed by atoms with E-state index in [1.165, 1.54) is 19.1 Å². The van der Waals surface area contributed by atoms with Crippen molar-refractivity contribution in [3.05, 3.63) is 47.0 Å². The van der Waals surface area contributed by atoms with Crippen LogP contribution in [0.5, 0.6) is 5.75 Å². The van der Waals surface area contributed by atoms with Crippen molar-refractivity contribution < 1.29 is 46.9 Å². The second-order valence-electron chi connectivity index (χ2n) is 9.49. The zero-order valence-electron chi connectivity index (χ0n) is 22.0. The van der Waals surface area contributed by atoms with Crippen molar-refractivity contribution in [1.29, 1.82) is 0 Å². The lowest BCUT2D eigenvalue weighted by atomic mass is 9.96. The number of aromatic nitrogens is 4. The van der Waals surface area contributed by atoms with Gasteiger partial charge in [0.15, 0.2) is 23.0 Å². The molecule has 3 heterocycles. The lowest BCUT2D eigenvalue weighted by Crippen LogP contribution is -2.53. The normalized spacial score (nSPS) is 25.0. The molecule has 0 spiro atoms. The van der Waals surface area contributed by atoms with Gasteiger partial charge in [-0.05, 0) is 32.9 Å². The molecule has 2 aromatic heterocycles. The number of benzene rings is 1. The van der Waals surface area contributed by atoms with Crippen molar-refractivity contribution in [3.8, 4) is 5.75 Å². The van der Waals surface area contributed by atoms with Gasteiger partial charge in [0.2, 0.25) is 5.95 Å². The third kappa shape index (κ3) is 6.24. The molecule has 0 radical (unpaired) electrons. The first-order valence-electron chi connectivity index (χ1n) is 12.3. The molecule has 41 heavy (non-hydrogen) atoms. The number of nitrogens with one attached hydrogen (secondary N) is 2. The number of aliphatic hydroxyl groups excluding tert-OH is 2. The first-order valence-corrected chi connectivity index (χ1v) is 13.8. The molecular weight excluding hydrogens is 573 g/mol. The summed E-state index contributed by atoms with van der Waals surface area (Å²) in [5.74, 6) is -1.15. The van der Waals surface area contributed by atoms with Crippen LogP contribution in [0, 0.1) is 0 Å². The summed E-state index contributed by atoms with van der Waals surface area (Å²) in [5, 5.41) is 23.9. The number of aliphatic hydroxyl groups is 2. The van der Waals surface area contributed by atoms with E-state index in [1.54, 1.807) is 32.0 Å². The van der Waals surface area contributed by atoms with Crippen molar-refractivity contribution in [2.24, 2.45) is 0 Å². The molecule has 0 saturated carbocycles. The molecule has 1 fully saturated rings. The average Bonchev–Trinajstić information content (AvgIpc) is 3.42. The third-order valence-corrected chi connectivity index (χ3v) is 7.66. The highest BCUT2D eigenvalue weighted by atomic mass is 31.2. The van der Waals surface area contributed by atoms with Crippen LogP contribution in [-0.4, -0.2) is 78.7 Å². The minimum absolute atomic E-state index is 0.00317. The zero-order chi connectivity index (χ0) is 30.1. The average molecular weight is 602 g/mol. The SMILES string of the molecule is CC(C)OC(=O)[C@H](C)NP(=O)(OC[C@@]1(C(F)F)O[C@@H](n2cnc3c(=O)[nH]c(N)nc32)[C@H](O)[C@@H]1O)Oc1ccccc1. The van der Waals surface area contributed by atoms with Crippen LogP contribution in [0.25, 0.3) is 11.2 Å². The van der Waals surface area contributed by atoms with Crippen LogP contribution in [0.3, 0.4) is 0 Å². The molecule has 18 heteroatoms. The molecule has 6 N–H and O–H groups in total. The van der Waals surface area contributed by atoms with Gasteiger partial charge in [0.05, 0.1) is 19.0 Å². The van der Waals surface area contributed by atoms with Gasteiger partial charge in [-0.3, -0.25) is 23.7 Å². The number of imidazole rings is 1. The van der Waals surface area contributed by atoms with Crippen molar-refractivity contribution in [2.75, 3.05) is 12.3 Å². The van der Waals surface area contributed by atoms with Crippen molar-refractivity contribution >= 4 is 30.8 Å². The molecule has 1 aliphatic rings. The Balaban J connectivity index is 1.64. The maximum Gasteiger partial charge on any atom is 0.459 e. The molecule has 1 saturated heterocycles. The number of nitrogens with zero attached hydrogens (tertiary/aromatic N) is 3. The summed E-state index contributed by atoms with van der Waals surface area (Å²) < 4.78 is 65.3. The predicted octanol–water partition coefficient (Wildman–Crippen LogP) is 1.09. The number of alkyl halides is 2. The van der Waals surface area contributed by atoms with Crippen molar-refractivity contribution in [1.82, 2.24) is 24.6 Å². The van der Waals surface area contributed by atoms with Gasteiger partial charge in [-0.2, -0.15) is 10.1 Å². The lowest BCUT2D eigenvalue weighted by molar-refractivity contribution is -0.191. The second kappa shape index (κ2) is 11.8. The minimum Gasteiger partial charge on any atom is -0.462 e. The molecule has 6 atom stereocenters. The Morgan fingerprint density at radius 3 is 2.61 bits per heavy atom. The van der Waals surface area contributed by atoms with E-state index >= 15 is 0 Å². The number of nitrogens with two attached hydrogens (primary N) is 1. The summed E-state index contributed by atoms with van der Waals surface area (Å²) in [6, 6.07) is 6.26.